The Morgan fingerprint density at radius 1 is 1.35 bits per heavy atom. The molecule has 0 saturated carbocycles. The Morgan fingerprint density at radius 3 is 2.71 bits per heavy atom. The molecule has 0 aliphatic carbocycles. The molecule has 1 aliphatic rings. The molecule has 1 aromatic carbocycles. The molecule has 17 heavy (non-hydrogen) atoms. The van der Waals surface area contributed by atoms with Crippen LogP contribution in [0.2, 0.25) is 0 Å². The molecule has 1 fully saturated rings. The first-order valence-corrected chi connectivity index (χ1v) is 5.89. The summed E-state index contributed by atoms with van der Waals surface area (Å²) < 4.78 is 0. The van der Waals surface area contributed by atoms with Gasteiger partial charge in [-0.25, -0.2) is 0 Å². The van der Waals surface area contributed by atoms with Crippen LogP contribution in [0.3, 0.4) is 0 Å². The van der Waals surface area contributed by atoms with Crippen LogP contribution in [0.25, 0.3) is 0 Å². The van der Waals surface area contributed by atoms with Crippen molar-refractivity contribution in [2.45, 2.75) is 25.3 Å². The zero-order valence-electron chi connectivity index (χ0n) is 9.67. The number of aliphatic hydroxyl groups excluding tert-OH is 1. The minimum absolute atomic E-state index is 0.0142. The standard InChI is InChI=1S/C13H17NO3/c15-9-11-2-1-7-14(11)13(17)8-10-3-5-12(16)6-4-10/h3-6,11,15-16H,1-2,7-9H2/t11-/m1/s1. The fraction of sp³-hybridized carbons (Fsp3) is 0.462. The lowest BCUT2D eigenvalue weighted by molar-refractivity contribution is -0.131. The summed E-state index contributed by atoms with van der Waals surface area (Å²) in [7, 11) is 0. The SMILES string of the molecule is O=C(Cc1ccc(O)cc1)N1CCC[C@@H]1CO. The van der Waals surface area contributed by atoms with E-state index < -0.39 is 0 Å². The average molecular weight is 235 g/mol. The lowest BCUT2D eigenvalue weighted by atomic mass is 10.1. The van der Waals surface area contributed by atoms with Crippen LogP contribution in [-0.2, 0) is 11.2 Å². The van der Waals surface area contributed by atoms with Crippen LogP contribution in [0, 0.1) is 0 Å². The number of phenols is 1. The van der Waals surface area contributed by atoms with Crippen LogP contribution in [0.15, 0.2) is 24.3 Å². The van der Waals surface area contributed by atoms with Crippen molar-refractivity contribution in [3.8, 4) is 5.75 Å². The van der Waals surface area contributed by atoms with E-state index in [4.69, 9.17) is 10.2 Å². The lowest BCUT2D eigenvalue weighted by Crippen LogP contribution is -2.38. The summed E-state index contributed by atoms with van der Waals surface area (Å²) in [5.41, 5.74) is 0.886. The van der Waals surface area contributed by atoms with Crippen molar-refractivity contribution in [3.63, 3.8) is 0 Å². The van der Waals surface area contributed by atoms with Gasteiger partial charge in [0.25, 0.3) is 0 Å². The molecule has 1 amide bonds. The van der Waals surface area contributed by atoms with E-state index in [1.807, 2.05) is 0 Å². The van der Waals surface area contributed by atoms with Crippen molar-refractivity contribution in [2.24, 2.45) is 0 Å². The smallest absolute Gasteiger partial charge is 0.227 e. The maximum Gasteiger partial charge on any atom is 0.227 e. The Labute approximate surface area is 100 Å². The predicted octanol–water partition coefficient (Wildman–Crippen LogP) is 0.918. The average Bonchev–Trinajstić information content (AvgIpc) is 2.80. The molecule has 0 radical (unpaired) electrons. The Bertz CT molecular complexity index is 388. The molecule has 0 unspecified atom stereocenters. The highest BCUT2D eigenvalue weighted by atomic mass is 16.3. The summed E-state index contributed by atoms with van der Waals surface area (Å²) in [5.74, 6) is 0.253. The fourth-order valence-corrected chi connectivity index (χ4v) is 2.24. The van der Waals surface area contributed by atoms with Gasteiger partial charge in [-0.05, 0) is 30.5 Å². The molecule has 1 heterocycles. The number of carbonyl (C=O) groups excluding carboxylic acids is 1. The first-order chi connectivity index (χ1) is 8.20. The Morgan fingerprint density at radius 2 is 2.06 bits per heavy atom. The highest BCUT2D eigenvalue weighted by Gasteiger charge is 2.27. The zero-order chi connectivity index (χ0) is 12.3. The molecule has 2 rings (SSSR count). The van der Waals surface area contributed by atoms with Crippen LogP contribution >= 0.6 is 0 Å². The van der Waals surface area contributed by atoms with Crippen LogP contribution in [-0.4, -0.2) is 40.2 Å². The highest BCUT2D eigenvalue weighted by molar-refractivity contribution is 5.79. The first-order valence-electron chi connectivity index (χ1n) is 5.89. The van der Waals surface area contributed by atoms with Crippen LogP contribution in [0.1, 0.15) is 18.4 Å². The second kappa shape index (κ2) is 5.19. The maximum absolute atomic E-state index is 12.0. The van der Waals surface area contributed by atoms with Crippen molar-refractivity contribution in [3.05, 3.63) is 29.8 Å². The summed E-state index contributed by atoms with van der Waals surface area (Å²) in [5, 5.41) is 18.3. The minimum atomic E-state index is -0.0142. The van der Waals surface area contributed by atoms with Gasteiger partial charge < -0.3 is 15.1 Å². The molecule has 4 heteroatoms. The van der Waals surface area contributed by atoms with Crippen molar-refractivity contribution >= 4 is 5.91 Å². The van der Waals surface area contributed by atoms with E-state index in [1.165, 1.54) is 0 Å². The van der Waals surface area contributed by atoms with E-state index in [9.17, 15) is 4.79 Å². The second-order valence-electron chi connectivity index (χ2n) is 4.41. The fourth-order valence-electron chi connectivity index (χ4n) is 2.24. The van der Waals surface area contributed by atoms with Crippen molar-refractivity contribution in [1.29, 1.82) is 0 Å². The van der Waals surface area contributed by atoms with Gasteiger partial charge in [0.15, 0.2) is 0 Å². The molecule has 1 saturated heterocycles. The van der Waals surface area contributed by atoms with Crippen molar-refractivity contribution in [2.75, 3.05) is 13.2 Å². The van der Waals surface area contributed by atoms with E-state index in [1.54, 1.807) is 29.2 Å². The quantitative estimate of drug-likeness (QED) is 0.819. The molecule has 0 aromatic heterocycles. The minimum Gasteiger partial charge on any atom is -0.508 e. The maximum atomic E-state index is 12.0. The van der Waals surface area contributed by atoms with Gasteiger partial charge in [-0.3, -0.25) is 4.79 Å². The van der Waals surface area contributed by atoms with E-state index in [0.717, 1.165) is 24.9 Å². The number of carbonyl (C=O) groups is 1. The third-order valence-electron chi connectivity index (χ3n) is 3.20. The summed E-state index contributed by atoms with van der Waals surface area (Å²) in [4.78, 5) is 13.8. The van der Waals surface area contributed by atoms with Gasteiger partial charge in [0.1, 0.15) is 5.75 Å². The van der Waals surface area contributed by atoms with Gasteiger partial charge in [0.05, 0.1) is 19.1 Å². The summed E-state index contributed by atoms with van der Waals surface area (Å²) in [6.07, 6.45) is 2.18. The first kappa shape index (κ1) is 11.9. The Hall–Kier alpha value is -1.55. The van der Waals surface area contributed by atoms with Crippen molar-refractivity contribution in [1.82, 2.24) is 4.90 Å². The van der Waals surface area contributed by atoms with Gasteiger partial charge in [0, 0.05) is 6.54 Å². The Balaban J connectivity index is 1.99. The normalized spacial score (nSPS) is 19.6. The molecule has 1 aliphatic heterocycles. The third kappa shape index (κ3) is 2.77. The number of amides is 1. The predicted molar refractivity (Wildman–Crippen MR) is 63.6 cm³/mol. The second-order valence-corrected chi connectivity index (χ2v) is 4.41. The van der Waals surface area contributed by atoms with Gasteiger partial charge in [-0.2, -0.15) is 0 Å². The molecule has 0 spiro atoms. The van der Waals surface area contributed by atoms with E-state index in [0.29, 0.717) is 6.42 Å². The lowest BCUT2D eigenvalue weighted by Gasteiger charge is -2.23. The molecule has 0 bridgehead atoms. The van der Waals surface area contributed by atoms with Crippen LogP contribution < -0.4 is 0 Å². The number of phenolic OH excluding ortho intramolecular Hbond substituents is 1. The van der Waals surface area contributed by atoms with Gasteiger partial charge in [-0.1, -0.05) is 12.1 Å². The number of benzene rings is 1. The topological polar surface area (TPSA) is 60.8 Å². The molecular weight excluding hydrogens is 218 g/mol. The number of nitrogens with zero attached hydrogens (tertiary/aromatic N) is 1. The number of aromatic hydroxyl groups is 1. The van der Waals surface area contributed by atoms with Gasteiger partial charge in [0.2, 0.25) is 5.91 Å². The number of hydrogen-bond donors (Lipinski definition) is 2. The molecular formula is C13H17NO3. The number of likely N-dealkylation sites (tertiary alicyclic amines) is 1. The largest absolute Gasteiger partial charge is 0.508 e. The van der Waals surface area contributed by atoms with Crippen LogP contribution in [0.5, 0.6) is 5.75 Å². The summed E-state index contributed by atoms with van der Waals surface area (Å²) in [6.45, 7) is 0.781. The molecule has 1 aromatic rings. The van der Waals surface area contributed by atoms with E-state index in [2.05, 4.69) is 0 Å². The summed E-state index contributed by atoms with van der Waals surface area (Å²) in [6, 6.07) is 6.64. The Kier molecular flexibility index (Phi) is 3.64. The van der Waals surface area contributed by atoms with Crippen molar-refractivity contribution < 1.29 is 15.0 Å². The van der Waals surface area contributed by atoms with Gasteiger partial charge in [-0.15, -0.1) is 0 Å². The highest BCUT2D eigenvalue weighted by Crippen LogP contribution is 2.18. The van der Waals surface area contributed by atoms with E-state index >= 15 is 0 Å². The van der Waals surface area contributed by atoms with E-state index in [-0.39, 0.29) is 24.3 Å². The van der Waals surface area contributed by atoms with Crippen LogP contribution in [0.4, 0.5) is 0 Å². The molecule has 92 valence electrons. The number of aliphatic hydroxyl groups is 1. The third-order valence-corrected chi connectivity index (χ3v) is 3.20. The number of rotatable bonds is 3. The number of hydrogen-bond acceptors (Lipinski definition) is 3. The zero-order valence-corrected chi connectivity index (χ0v) is 9.67. The molecule has 2 N–H and O–H groups in total. The molecule has 4 nitrogen and oxygen atoms in total. The monoisotopic (exact) mass is 235 g/mol. The molecule has 1 atom stereocenters. The van der Waals surface area contributed by atoms with Gasteiger partial charge >= 0.3 is 0 Å². The summed E-state index contributed by atoms with van der Waals surface area (Å²) >= 11 is 0.